The van der Waals surface area contributed by atoms with Crippen molar-refractivity contribution in [2.45, 2.75) is 6.92 Å². The number of aromatic hydroxyl groups is 1. The van der Waals surface area contributed by atoms with Crippen molar-refractivity contribution in [3.05, 3.63) is 70.8 Å². The van der Waals surface area contributed by atoms with Crippen LogP contribution in [0.15, 0.2) is 52.7 Å². The first kappa shape index (κ1) is 14.6. The van der Waals surface area contributed by atoms with Gasteiger partial charge in [0.15, 0.2) is 0 Å². The zero-order chi connectivity index (χ0) is 15.4. The Hall–Kier alpha value is -2.81. The van der Waals surface area contributed by atoms with E-state index < -0.39 is 0 Å². The van der Waals surface area contributed by atoms with Crippen LogP contribution in [0.3, 0.4) is 0 Å². The summed E-state index contributed by atoms with van der Waals surface area (Å²) in [6, 6.07) is 6.48. The molecule has 21 heavy (non-hydrogen) atoms. The minimum atomic E-state index is -0.185. The van der Waals surface area contributed by atoms with Crippen molar-refractivity contribution in [3.8, 4) is 16.9 Å². The molecule has 0 aliphatic carbocycles. The van der Waals surface area contributed by atoms with Crippen molar-refractivity contribution < 1.29 is 9.52 Å². The second kappa shape index (κ2) is 6.09. The lowest BCUT2D eigenvalue weighted by molar-refractivity contribution is 0.475. The molecule has 0 aliphatic heterocycles. The Morgan fingerprint density at radius 3 is 2.48 bits per heavy atom. The standard InChI is InChI=1S/C18H16O3/c1-4-8-14-15(5-2)21-16(6-3)17(18(14)20)12-9-7-10-13(19)11-12/h4-11,19H,2-3H2,1H3/b8-4-. The fourth-order valence-corrected chi connectivity index (χ4v) is 2.14. The van der Waals surface area contributed by atoms with Gasteiger partial charge < -0.3 is 9.52 Å². The molecule has 1 heterocycles. The van der Waals surface area contributed by atoms with Crippen molar-refractivity contribution >= 4 is 18.2 Å². The number of benzene rings is 1. The van der Waals surface area contributed by atoms with E-state index in [0.29, 0.717) is 28.2 Å². The monoisotopic (exact) mass is 280 g/mol. The molecule has 3 nitrogen and oxygen atoms in total. The Balaban J connectivity index is 2.87. The molecule has 0 saturated carbocycles. The lowest BCUT2D eigenvalue weighted by atomic mass is 10.0. The molecule has 0 spiro atoms. The van der Waals surface area contributed by atoms with Crippen LogP contribution in [-0.2, 0) is 0 Å². The first-order valence-electron chi connectivity index (χ1n) is 6.50. The van der Waals surface area contributed by atoms with Crippen molar-refractivity contribution in [2.75, 3.05) is 0 Å². The normalized spacial score (nSPS) is 10.7. The minimum absolute atomic E-state index is 0.0855. The largest absolute Gasteiger partial charge is 0.508 e. The number of hydrogen-bond donors (Lipinski definition) is 1. The average Bonchev–Trinajstić information content (AvgIpc) is 2.48. The molecular formula is C18H16O3. The zero-order valence-corrected chi connectivity index (χ0v) is 11.8. The summed E-state index contributed by atoms with van der Waals surface area (Å²) in [5.74, 6) is 0.841. The zero-order valence-electron chi connectivity index (χ0n) is 11.8. The van der Waals surface area contributed by atoms with Gasteiger partial charge in [-0.25, -0.2) is 0 Å². The molecule has 0 amide bonds. The van der Waals surface area contributed by atoms with E-state index in [9.17, 15) is 9.90 Å². The molecule has 0 radical (unpaired) electrons. The summed E-state index contributed by atoms with van der Waals surface area (Å²) in [7, 11) is 0. The van der Waals surface area contributed by atoms with Gasteiger partial charge in [-0.3, -0.25) is 4.79 Å². The molecule has 0 fully saturated rings. The molecule has 3 heteroatoms. The van der Waals surface area contributed by atoms with Gasteiger partial charge in [-0.2, -0.15) is 0 Å². The molecule has 0 unspecified atom stereocenters. The summed E-state index contributed by atoms with van der Waals surface area (Å²) in [6.07, 6.45) is 6.42. The van der Waals surface area contributed by atoms with Crippen molar-refractivity contribution in [1.29, 1.82) is 0 Å². The quantitative estimate of drug-likeness (QED) is 0.906. The molecule has 0 atom stereocenters. The maximum Gasteiger partial charge on any atom is 0.201 e. The molecule has 1 N–H and O–H groups in total. The summed E-state index contributed by atoms with van der Waals surface area (Å²) in [5.41, 5.74) is 1.20. The van der Waals surface area contributed by atoms with Crippen LogP contribution in [0.25, 0.3) is 29.4 Å². The number of rotatable bonds is 4. The molecule has 2 aromatic rings. The Kier molecular flexibility index (Phi) is 4.24. The van der Waals surface area contributed by atoms with Gasteiger partial charge in [-0.1, -0.05) is 37.4 Å². The predicted octanol–water partition coefficient (Wildman–Crippen LogP) is 4.33. The Bertz CT molecular complexity index is 780. The summed E-state index contributed by atoms with van der Waals surface area (Å²) < 4.78 is 5.70. The van der Waals surface area contributed by atoms with Crippen LogP contribution in [-0.4, -0.2) is 5.11 Å². The average molecular weight is 280 g/mol. The van der Waals surface area contributed by atoms with Crippen LogP contribution >= 0.6 is 0 Å². The Morgan fingerprint density at radius 2 is 1.90 bits per heavy atom. The van der Waals surface area contributed by atoms with E-state index in [0.717, 1.165) is 0 Å². The van der Waals surface area contributed by atoms with Crippen LogP contribution in [0, 0.1) is 0 Å². The number of phenols is 1. The lowest BCUT2D eigenvalue weighted by Crippen LogP contribution is -2.12. The molecule has 0 bridgehead atoms. The highest BCUT2D eigenvalue weighted by Gasteiger charge is 2.16. The van der Waals surface area contributed by atoms with E-state index in [2.05, 4.69) is 13.2 Å². The van der Waals surface area contributed by atoms with Crippen LogP contribution in [0.1, 0.15) is 24.0 Å². The fraction of sp³-hybridized carbons (Fsp3) is 0.0556. The van der Waals surface area contributed by atoms with Crippen LogP contribution in [0.2, 0.25) is 0 Å². The summed E-state index contributed by atoms with van der Waals surface area (Å²) in [5, 5.41) is 9.61. The molecule has 1 aromatic carbocycles. The molecule has 2 rings (SSSR count). The SMILES string of the molecule is C=Cc1oc(C=C)c(-c2cccc(O)c2)c(=O)c1/C=C\C. The van der Waals surface area contributed by atoms with Crippen molar-refractivity contribution in [1.82, 2.24) is 0 Å². The molecule has 1 aromatic heterocycles. The third-order valence-electron chi connectivity index (χ3n) is 3.04. The van der Waals surface area contributed by atoms with Gasteiger partial charge in [0.05, 0.1) is 11.1 Å². The maximum absolute atomic E-state index is 12.7. The highest BCUT2D eigenvalue weighted by Crippen LogP contribution is 2.27. The van der Waals surface area contributed by atoms with E-state index in [1.165, 1.54) is 18.2 Å². The maximum atomic E-state index is 12.7. The predicted molar refractivity (Wildman–Crippen MR) is 87.0 cm³/mol. The van der Waals surface area contributed by atoms with Crippen LogP contribution < -0.4 is 5.43 Å². The topological polar surface area (TPSA) is 50.4 Å². The van der Waals surface area contributed by atoms with E-state index in [-0.39, 0.29) is 11.2 Å². The second-order valence-electron chi connectivity index (χ2n) is 4.41. The smallest absolute Gasteiger partial charge is 0.201 e. The van der Waals surface area contributed by atoms with Gasteiger partial charge >= 0.3 is 0 Å². The summed E-state index contributed by atoms with van der Waals surface area (Å²) in [4.78, 5) is 12.7. The van der Waals surface area contributed by atoms with Crippen LogP contribution in [0.4, 0.5) is 0 Å². The molecule has 0 saturated heterocycles. The number of phenolic OH excluding ortho intramolecular Hbond substituents is 1. The van der Waals surface area contributed by atoms with E-state index in [4.69, 9.17) is 4.42 Å². The van der Waals surface area contributed by atoms with Crippen molar-refractivity contribution in [3.63, 3.8) is 0 Å². The first-order valence-corrected chi connectivity index (χ1v) is 6.50. The molecular weight excluding hydrogens is 264 g/mol. The fourth-order valence-electron chi connectivity index (χ4n) is 2.14. The van der Waals surface area contributed by atoms with E-state index >= 15 is 0 Å². The number of allylic oxidation sites excluding steroid dienone is 1. The summed E-state index contributed by atoms with van der Waals surface area (Å²) in [6.45, 7) is 9.17. The third kappa shape index (κ3) is 2.72. The van der Waals surface area contributed by atoms with Gasteiger partial charge in [0.2, 0.25) is 5.43 Å². The van der Waals surface area contributed by atoms with Crippen LogP contribution in [0.5, 0.6) is 5.75 Å². The van der Waals surface area contributed by atoms with E-state index in [1.54, 1.807) is 30.4 Å². The third-order valence-corrected chi connectivity index (χ3v) is 3.04. The lowest BCUT2D eigenvalue weighted by Gasteiger charge is -2.09. The minimum Gasteiger partial charge on any atom is -0.508 e. The van der Waals surface area contributed by atoms with Gasteiger partial charge in [-0.05, 0) is 36.8 Å². The first-order chi connectivity index (χ1) is 10.1. The van der Waals surface area contributed by atoms with Gasteiger partial charge in [-0.15, -0.1) is 0 Å². The Labute approximate surface area is 123 Å². The van der Waals surface area contributed by atoms with Gasteiger partial charge in [0.25, 0.3) is 0 Å². The Morgan fingerprint density at radius 1 is 1.19 bits per heavy atom. The van der Waals surface area contributed by atoms with Crippen molar-refractivity contribution in [2.24, 2.45) is 0 Å². The highest BCUT2D eigenvalue weighted by atomic mass is 16.3. The molecule has 106 valence electrons. The summed E-state index contributed by atoms with van der Waals surface area (Å²) >= 11 is 0. The van der Waals surface area contributed by atoms with Gasteiger partial charge in [0, 0.05) is 0 Å². The van der Waals surface area contributed by atoms with Gasteiger partial charge in [0.1, 0.15) is 17.3 Å². The number of hydrogen-bond acceptors (Lipinski definition) is 3. The highest BCUT2D eigenvalue weighted by molar-refractivity contribution is 5.76. The second-order valence-corrected chi connectivity index (χ2v) is 4.41. The van der Waals surface area contributed by atoms with E-state index in [1.807, 2.05) is 6.92 Å². The molecule has 0 aliphatic rings.